The van der Waals surface area contributed by atoms with E-state index in [0.29, 0.717) is 40.0 Å². The van der Waals surface area contributed by atoms with E-state index in [1.54, 1.807) is 26.4 Å². The van der Waals surface area contributed by atoms with E-state index in [1.165, 1.54) is 21.2 Å². The number of rotatable bonds is 6. The first-order valence-electron chi connectivity index (χ1n) is 6.87. The molecule has 12 heteroatoms. The predicted octanol–water partition coefficient (Wildman–Crippen LogP) is -0.672. The van der Waals surface area contributed by atoms with E-state index >= 15 is 0 Å². The summed E-state index contributed by atoms with van der Waals surface area (Å²) >= 11 is 1.51. The molecule has 0 saturated carbocycles. The lowest BCUT2D eigenvalue weighted by Crippen LogP contribution is -2.17. The lowest BCUT2D eigenvalue weighted by atomic mass is 10.1. The molecule has 2 N–H and O–H groups in total. The predicted molar refractivity (Wildman–Crippen MR) is 84.3 cm³/mol. The van der Waals surface area contributed by atoms with Crippen molar-refractivity contribution in [3.63, 3.8) is 0 Å². The number of primary amides is 1. The lowest BCUT2D eigenvalue weighted by molar-refractivity contribution is 0.1000. The number of pyridine rings is 1. The third kappa shape index (κ3) is 3.22. The Morgan fingerprint density at radius 2 is 2.08 bits per heavy atom. The summed E-state index contributed by atoms with van der Waals surface area (Å²) in [4.78, 5) is 17.6. The van der Waals surface area contributed by atoms with Gasteiger partial charge in [-0.15, -0.1) is 27.1 Å². The van der Waals surface area contributed by atoms with Crippen LogP contribution in [0.2, 0.25) is 0 Å². The van der Waals surface area contributed by atoms with Crippen molar-refractivity contribution in [2.45, 2.75) is 11.5 Å². The van der Waals surface area contributed by atoms with E-state index in [0.717, 1.165) is 0 Å². The number of amides is 1. The van der Waals surface area contributed by atoms with Crippen LogP contribution in [-0.2, 0) is 25.6 Å². The molecule has 0 saturated heterocycles. The molecule has 0 fully saturated rings. The zero-order valence-electron chi connectivity index (χ0n) is 13.0. The zero-order chi connectivity index (χ0) is 17.1. The summed E-state index contributed by atoms with van der Waals surface area (Å²) in [6, 6.07) is 1.67. The van der Waals surface area contributed by atoms with Crippen molar-refractivity contribution in [3.05, 3.63) is 29.3 Å². The molecule has 0 aliphatic carbocycles. The van der Waals surface area contributed by atoms with Gasteiger partial charge in [0.1, 0.15) is 0 Å². The monoisotopic (exact) mass is 346 g/mol. The molecule has 11 nitrogen and oxygen atoms in total. The number of nitrogens with two attached hydrogens (primary N) is 1. The van der Waals surface area contributed by atoms with Crippen LogP contribution in [0.1, 0.15) is 21.9 Å². The quantitative estimate of drug-likeness (QED) is 0.614. The third-order valence-electron chi connectivity index (χ3n) is 3.16. The smallest absolute Gasteiger partial charge is 0.251 e. The number of aromatic nitrogens is 9. The van der Waals surface area contributed by atoms with Gasteiger partial charge in [-0.3, -0.25) is 9.78 Å². The molecule has 3 rings (SSSR count). The number of carbonyl (C=O) groups is 1. The van der Waals surface area contributed by atoms with E-state index in [1.807, 2.05) is 0 Å². The molecule has 0 spiro atoms. The molecule has 0 unspecified atom stereocenters. The van der Waals surface area contributed by atoms with Crippen molar-refractivity contribution in [2.75, 3.05) is 0 Å². The van der Waals surface area contributed by atoms with Crippen molar-refractivity contribution in [1.29, 1.82) is 0 Å². The third-order valence-corrected chi connectivity index (χ3v) is 4.10. The fourth-order valence-corrected chi connectivity index (χ4v) is 2.97. The van der Waals surface area contributed by atoms with Crippen LogP contribution in [0.25, 0.3) is 11.4 Å². The van der Waals surface area contributed by atoms with Crippen LogP contribution in [0.4, 0.5) is 0 Å². The van der Waals surface area contributed by atoms with Gasteiger partial charge in [0.2, 0.25) is 0 Å². The SMILES string of the molecule is Cn1nnc(CSCc2nccc(-c3nnnn3C)c2C(N)=O)n1. The largest absolute Gasteiger partial charge is 0.366 e. The zero-order valence-corrected chi connectivity index (χ0v) is 13.8. The molecule has 3 aromatic rings. The second-order valence-electron chi connectivity index (χ2n) is 4.86. The van der Waals surface area contributed by atoms with Gasteiger partial charge in [-0.05, 0) is 21.7 Å². The maximum Gasteiger partial charge on any atom is 0.251 e. The average molecular weight is 346 g/mol. The number of hydrogen-bond acceptors (Lipinski definition) is 9. The molecule has 0 bridgehead atoms. The van der Waals surface area contributed by atoms with Crippen LogP contribution in [0, 0.1) is 0 Å². The normalized spacial score (nSPS) is 10.9. The van der Waals surface area contributed by atoms with Gasteiger partial charge >= 0.3 is 0 Å². The number of aryl methyl sites for hydroxylation is 2. The van der Waals surface area contributed by atoms with Gasteiger partial charge in [-0.25, -0.2) is 4.68 Å². The van der Waals surface area contributed by atoms with Gasteiger partial charge in [0.05, 0.1) is 24.1 Å². The van der Waals surface area contributed by atoms with Gasteiger partial charge < -0.3 is 5.73 Å². The Morgan fingerprint density at radius 1 is 1.25 bits per heavy atom. The number of carbonyl (C=O) groups excluding carboxylic acids is 1. The van der Waals surface area contributed by atoms with Crippen LogP contribution >= 0.6 is 11.8 Å². The standard InChI is InChI=1S/C12H14N10OS/c1-21-12(16-18-20-21)7-3-4-14-8(10(7)11(13)23)5-24-6-9-15-19-22(2)17-9/h3-4H,5-6H2,1-2H3,(H2,13,23). The second kappa shape index (κ2) is 6.70. The van der Waals surface area contributed by atoms with Gasteiger partial charge in [-0.1, -0.05) is 0 Å². The number of hydrogen-bond donors (Lipinski definition) is 1. The van der Waals surface area contributed by atoms with E-state index in [2.05, 4.69) is 35.9 Å². The molecule has 3 heterocycles. The molecule has 124 valence electrons. The van der Waals surface area contributed by atoms with Crippen LogP contribution < -0.4 is 5.73 Å². The molecule has 0 aliphatic rings. The first-order chi connectivity index (χ1) is 11.6. The minimum absolute atomic E-state index is 0.315. The number of thioether (sulfide) groups is 1. The van der Waals surface area contributed by atoms with Gasteiger partial charge in [0.25, 0.3) is 5.91 Å². The fourth-order valence-electron chi connectivity index (χ4n) is 2.15. The van der Waals surface area contributed by atoms with Crippen molar-refractivity contribution in [1.82, 2.24) is 45.4 Å². The molecular weight excluding hydrogens is 332 g/mol. The Balaban J connectivity index is 1.85. The van der Waals surface area contributed by atoms with Gasteiger partial charge in [0.15, 0.2) is 11.6 Å². The molecular formula is C12H14N10OS. The highest BCUT2D eigenvalue weighted by molar-refractivity contribution is 7.97. The first kappa shape index (κ1) is 16.0. The summed E-state index contributed by atoms with van der Waals surface area (Å²) in [5.74, 6) is 1.50. The van der Waals surface area contributed by atoms with Crippen molar-refractivity contribution >= 4 is 17.7 Å². The molecule has 0 radical (unpaired) electrons. The fraction of sp³-hybridized carbons (Fsp3) is 0.333. The van der Waals surface area contributed by atoms with E-state index in [4.69, 9.17) is 5.73 Å². The second-order valence-corrected chi connectivity index (χ2v) is 5.84. The van der Waals surface area contributed by atoms with Crippen LogP contribution in [0.3, 0.4) is 0 Å². The van der Waals surface area contributed by atoms with Crippen LogP contribution in [0.15, 0.2) is 12.3 Å². The van der Waals surface area contributed by atoms with Gasteiger partial charge in [-0.2, -0.15) is 4.80 Å². The molecule has 1 amide bonds. The minimum atomic E-state index is -0.575. The molecule has 0 atom stereocenters. The molecule has 0 aliphatic heterocycles. The lowest BCUT2D eigenvalue weighted by Gasteiger charge is -2.09. The van der Waals surface area contributed by atoms with E-state index in [-0.39, 0.29) is 0 Å². The molecule has 0 aromatic carbocycles. The maximum atomic E-state index is 11.9. The summed E-state index contributed by atoms with van der Waals surface area (Å²) in [6.07, 6.45) is 1.60. The highest BCUT2D eigenvalue weighted by Crippen LogP contribution is 2.25. The number of tetrazole rings is 2. The Kier molecular flexibility index (Phi) is 4.46. The Hall–Kier alpha value is -2.89. The number of nitrogens with zero attached hydrogens (tertiary/aromatic N) is 9. The highest BCUT2D eigenvalue weighted by atomic mass is 32.2. The van der Waals surface area contributed by atoms with E-state index in [9.17, 15) is 4.79 Å². The summed E-state index contributed by atoms with van der Waals surface area (Å²) in [6.45, 7) is 0. The summed E-state index contributed by atoms with van der Waals surface area (Å²) in [5.41, 5.74) is 6.99. The van der Waals surface area contributed by atoms with Crippen LogP contribution in [0.5, 0.6) is 0 Å². The Labute approximate surface area is 140 Å². The topological polar surface area (TPSA) is 143 Å². The Morgan fingerprint density at radius 3 is 2.71 bits per heavy atom. The first-order valence-corrected chi connectivity index (χ1v) is 8.02. The van der Waals surface area contributed by atoms with Crippen molar-refractivity contribution < 1.29 is 4.79 Å². The summed E-state index contributed by atoms with van der Waals surface area (Å²) in [5, 5.41) is 23.1. The minimum Gasteiger partial charge on any atom is -0.366 e. The van der Waals surface area contributed by atoms with Gasteiger partial charge in [0, 0.05) is 24.6 Å². The highest BCUT2D eigenvalue weighted by Gasteiger charge is 2.20. The van der Waals surface area contributed by atoms with Crippen molar-refractivity contribution in [3.8, 4) is 11.4 Å². The summed E-state index contributed by atoms with van der Waals surface area (Å²) in [7, 11) is 3.39. The molecule has 3 aromatic heterocycles. The maximum absolute atomic E-state index is 11.9. The average Bonchev–Trinajstić information content (AvgIpc) is 3.15. The van der Waals surface area contributed by atoms with E-state index < -0.39 is 5.91 Å². The summed E-state index contributed by atoms with van der Waals surface area (Å²) < 4.78 is 1.47. The van der Waals surface area contributed by atoms with Crippen molar-refractivity contribution in [2.24, 2.45) is 19.8 Å². The molecule has 24 heavy (non-hydrogen) atoms. The Bertz CT molecular complexity index is 872. The van der Waals surface area contributed by atoms with Crippen LogP contribution in [-0.4, -0.2) is 51.3 Å².